The van der Waals surface area contributed by atoms with Crippen molar-refractivity contribution in [3.63, 3.8) is 0 Å². The van der Waals surface area contributed by atoms with Crippen LogP contribution >= 0.6 is 0 Å². The lowest BCUT2D eigenvalue weighted by molar-refractivity contribution is -0.171. The van der Waals surface area contributed by atoms with Crippen LogP contribution in [0.5, 0.6) is 5.75 Å². The fraction of sp³-hybridized carbons (Fsp3) is 0.600. The van der Waals surface area contributed by atoms with Crippen LogP contribution in [-0.2, 0) is 9.53 Å². The Balaban J connectivity index is 1.94. The van der Waals surface area contributed by atoms with Gasteiger partial charge in [0.1, 0.15) is 12.4 Å². The molecule has 1 amide bonds. The SMILES string of the molecule is CN1CCC[C@H]1COc1ccc(C(=O)O)c(N(C(=O)C(F)(F)F)C2CCOCC2)c1. The van der Waals surface area contributed by atoms with E-state index in [0.717, 1.165) is 19.4 Å². The number of carboxylic acids is 1. The first-order valence-electron chi connectivity index (χ1n) is 9.87. The van der Waals surface area contributed by atoms with E-state index in [0.29, 0.717) is 11.5 Å². The molecule has 166 valence electrons. The smallest absolute Gasteiger partial charge is 0.471 e. The van der Waals surface area contributed by atoms with E-state index < -0.39 is 24.1 Å². The van der Waals surface area contributed by atoms with Crippen molar-refractivity contribution in [1.29, 1.82) is 0 Å². The van der Waals surface area contributed by atoms with Crippen molar-refractivity contribution in [1.82, 2.24) is 4.90 Å². The fourth-order valence-electron chi connectivity index (χ4n) is 3.92. The number of likely N-dealkylation sites (N-methyl/N-ethyl adjacent to an activating group) is 1. The molecule has 1 aromatic carbocycles. The van der Waals surface area contributed by atoms with Gasteiger partial charge in [-0.2, -0.15) is 13.2 Å². The van der Waals surface area contributed by atoms with Gasteiger partial charge in [-0.1, -0.05) is 0 Å². The van der Waals surface area contributed by atoms with Gasteiger partial charge >= 0.3 is 18.1 Å². The summed E-state index contributed by atoms with van der Waals surface area (Å²) in [7, 11) is 1.97. The first-order valence-corrected chi connectivity index (χ1v) is 9.87. The number of likely N-dealkylation sites (tertiary alicyclic amines) is 1. The van der Waals surface area contributed by atoms with E-state index in [4.69, 9.17) is 9.47 Å². The molecule has 0 aromatic heterocycles. The lowest BCUT2D eigenvalue weighted by atomic mass is 10.0. The molecule has 0 aliphatic carbocycles. The summed E-state index contributed by atoms with van der Waals surface area (Å²) in [5.74, 6) is -3.29. The highest BCUT2D eigenvalue weighted by molar-refractivity contribution is 6.04. The van der Waals surface area contributed by atoms with Crippen molar-refractivity contribution in [3.05, 3.63) is 23.8 Å². The standard InChI is InChI=1S/C20H25F3N2O5/c1-24-8-2-3-14(24)12-30-15-4-5-16(18(26)27)17(11-15)25(19(28)20(21,22)23)13-6-9-29-10-7-13/h4-5,11,13-14H,2-3,6-10,12H2,1H3,(H,26,27)/t14-/m0/s1. The number of ether oxygens (including phenoxy) is 2. The van der Waals surface area contributed by atoms with Crippen molar-refractivity contribution < 1.29 is 37.3 Å². The van der Waals surface area contributed by atoms with Crippen LogP contribution in [0.1, 0.15) is 36.0 Å². The number of carboxylic acid groups (broad SMARTS) is 1. The number of carbonyl (C=O) groups excluding carboxylic acids is 1. The summed E-state index contributed by atoms with van der Waals surface area (Å²) < 4.78 is 51.0. The summed E-state index contributed by atoms with van der Waals surface area (Å²) in [5, 5.41) is 9.53. The van der Waals surface area contributed by atoms with E-state index in [1.807, 2.05) is 7.05 Å². The molecule has 1 N–H and O–H groups in total. The van der Waals surface area contributed by atoms with Gasteiger partial charge in [0.05, 0.1) is 11.3 Å². The Morgan fingerprint density at radius 1 is 1.27 bits per heavy atom. The average molecular weight is 430 g/mol. The molecule has 10 heteroatoms. The van der Waals surface area contributed by atoms with E-state index >= 15 is 0 Å². The summed E-state index contributed by atoms with van der Waals surface area (Å²) in [6.07, 6.45) is -2.81. The van der Waals surface area contributed by atoms with Gasteiger partial charge < -0.3 is 24.4 Å². The first-order chi connectivity index (χ1) is 14.2. The van der Waals surface area contributed by atoms with Crippen LogP contribution in [0.2, 0.25) is 0 Å². The predicted molar refractivity (Wildman–Crippen MR) is 102 cm³/mol. The van der Waals surface area contributed by atoms with E-state index in [-0.39, 0.29) is 49.1 Å². The maximum atomic E-state index is 13.4. The van der Waals surface area contributed by atoms with Crippen LogP contribution in [0.25, 0.3) is 0 Å². The highest BCUT2D eigenvalue weighted by Gasteiger charge is 2.46. The maximum Gasteiger partial charge on any atom is 0.471 e. The van der Waals surface area contributed by atoms with Gasteiger partial charge in [0.15, 0.2) is 0 Å². The zero-order valence-electron chi connectivity index (χ0n) is 16.7. The van der Waals surface area contributed by atoms with Crippen molar-refractivity contribution in [2.24, 2.45) is 0 Å². The first kappa shape index (κ1) is 22.4. The number of carbonyl (C=O) groups is 2. The lowest BCUT2D eigenvalue weighted by Gasteiger charge is -2.35. The predicted octanol–water partition coefficient (Wildman–Crippen LogP) is 2.93. The van der Waals surface area contributed by atoms with Gasteiger partial charge in [-0.05, 0) is 51.4 Å². The number of hydrogen-bond donors (Lipinski definition) is 1. The number of aromatic carboxylic acids is 1. The Labute approximate surface area is 172 Å². The summed E-state index contributed by atoms with van der Waals surface area (Å²) in [4.78, 5) is 26.7. The van der Waals surface area contributed by atoms with Crippen molar-refractivity contribution in [2.75, 3.05) is 38.3 Å². The van der Waals surface area contributed by atoms with Crippen LogP contribution in [0.3, 0.4) is 0 Å². The number of hydrogen-bond acceptors (Lipinski definition) is 5. The van der Waals surface area contributed by atoms with Crippen molar-refractivity contribution >= 4 is 17.6 Å². The molecular formula is C20H25F3N2O5. The number of halogens is 3. The van der Waals surface area contributed by atoms with Crippen LogP contribution in [-0.4, -0.2) is 73.6 Å². The average Bonchev–Trinajstić information content (AvgIpc) is 3.11. The van der Waals surface area contributed by atoms with Gasteiger partial charge in [-0.3, -0.25) is 4.79 Å². The molecule has 2 aliphatic heterocycles. The van der Waals surface area contributed by atoms with Gasteiger partial charge in [-0.15, -0.1) is 0 Å². The largest absolute Gasteiger partial charge is 0.492 e. The van der Waals surface area contributed by atoms with Crippen LogP contribution in [0, 0.1) is 0 Å². The topological polar surface area (TPSA) is 79.3 Å². The second-order valence-corrected chi connectivity index (χ2v) is 7.59. The third-order valence-corrected chi connectivity index (χ3v) is 5.59. The monoisotopic (exact) mass is 430 g/mol. The molecule has 1 atom stereocenters. The lowest BCUT2D eigenvalue weighted by Crippen LogP contribution is -2.50. The quantitative estimate of drug-likeness (QED) is 0.748. The minimum Gasteiger partial charge on any atom is -0.492 e. The highest BCUT2D eigenvalue weighted by Crippen LogP contribution is 2.34. The van der Waals surface area contributed by atoms with Crippen LogP contribution in [0.4, 0.5) is 18.9 Å². The summed E-state index contributed by atoms with van der Waals surface area (Å²) in [5.41, 5.74) is -0.696. The van der Waals surface area contributed by atoms with E-state index in [9.17, 15) is 27.9 Å². The third-order valence-electron chi connectivity index (χ3n) is 5.59. The number of rotatable bonds is 6. The molecule has 0 radical (unpaired) electrons. The highest BCUT2D eigenvalue weighted by atomic mass is 19.4. The Kier molecular flexibility index (Phi) is 6.87. The van der Waals surface area contributed by atoms with E-state index in [1.54, 1.807) is 0 Å². The number of benzene rings is 1. The molecule has 2 aliphatic rings. The number of anilines is 1. The molecule has 2 saturated heterocycles. The second kappa shape index (κ2) is 9.22. The van der Waals surface area contributed by atoms with E-state index in [1.165, 1.54) is 18.2 Å². The summed E-state index contributed by atoms with van der Waals surface area (Å²) in [6.45, 7) is 1.65. The summed E-state index contributed by atoms with van der Waals surface area (Å²) >= 11 is 0. The van der Waals surface area contributed by atoms with Gasteiger partial charge in [0.2, 0.25) is 0 Å². The molecule has 30 heavy (non-hydrogen) atoms. The van der Waals surface area contributed by atoms with Crippen molar-refractivity contribution in [2.45, 2.75) is 43.9 Å². The Bertz CT molecular complexity index is 780. The maximum absolute atomic E-state index is 13.4. The zero-order chi connectivity index (χ0) is 21.9. The number of nitrogens with zero attached hydrogens (tertiary/aromatic N) is 2. The molecule has 2 heterocycles. The Morgan fingerprint density at radius 2 is 1.97 bits per heavy atom. The minimum atomic E-state index is -5.14. The van der Waals surface area contributed by atoms with Gasteiger partial charge in [0, 0.05) is 31.4 Å². The van der Waals surface area contributed by atoms with Gasteiger partial charge in [0.25, 0.3) is 0 Å². The molecule has 0 spiro atoms. The molecule has 0 saturated carbocycles. The zero-order valence-corrected chi connectivity index (χ0v) is 16.7. The van der Waals surface area contributed by atoms with Crippen LogP contribution in [0.15, 0.2) is 18.2 Å². The fourth-order valence-corrected chi connectivity index (χ4v) is 3.92. The molecule has 3 rings (SSSR count). The Morgan fingerprint density at radius 3 is 2.53 bits per heavy atom. The molecule has 0 bridgehead atoms. The third kappa shape index (κ3) is 5.04. The molecule has 1 aromatic rings. The molecular weight excluding hydrogens is 405 g/mol. The minimum absolute atomic E-state index is 0.177. The second-order valence-electron chi connectivity index (χ2n) is 7.59. The Hall–Kier alpha value is -2.33. The van der Waals surface area contributed by atoms with Crippen molar-refractivity contribution in [3.8, 4) is 5.75 Å². The summed E-state index contributed by atoms with van der Waals surface area (Å²) in [6, 6.07) is 3.17. The molecule has 0 unspecified atom stereocenters. The van der Waals surface area contributed by atoms with Gasteiger partial charge in [-0.25, -0.2) is 4.79 Å². The number of alkyl halides is 3. The molecule has 2 fully saturated rings. The van der Waals surface area contributed by atoms with Crippen LogP contribution < -0.4 is 9.64 Å². The normalized spacial score (nSPS) is 20.9. The molecule has 7 nitrogen and oxygen atoms in total. The number of amides is 1. The van der Waals surface area contributed by atoms with E-state index in [2.05, 4.69) is 4.90 Å².